The highest BCUT2D eigenvalue weighted by Crippen LogP contribution is 2.15. The van der Waals surface area contributed by atoms with Crippen LogP contribution in [-0.4, -0.2) is 28.6 Å². The summed E-state index contributed by atoms with van der Waals surface area (Å²) in [5.41, 5.74) is 1.31. The van der Waals surface area contributed by atoms with Crippen LogP contribution >= 0.6 is 24.0 Å². The van der Waals surface area contributed by atoms with Crippen molar-refractivity contribution < 1.29 is 4.39 Å². The van der Waals surface area contributed by atoms with Gasteiger partial charge in [0, 0.05) is 25.5 Å². The van der Waals surface area contributed by atoms with Crippen molar-refractivity contribution in [2.24, 2.45) is 10.9 Å². The Kier molecular flexibility index (Phi) is 8.73. The molecule has 7 heteroatoms. The molecule has 132 valence electrons. The molecular weight excluding hydrogens is 420 g/mol. The first-order valence-electron chi connectivity index (χ1n) is 7.89. The molecule has 2 rings (SSSR count). The van der Waals surface area contributed by atoms with E-state index in [1.165, 1.54) is 6.07 Å². The molecule has 2 N–H and O–H groups in total. The third kappa shape index (κ3) is 6.10. The Bertz CT molecular complexity index is 640. The molecule has 1 aromatic carbocycles. The Morgan fingerprint density at radius 1 is 1.33 bits per heavy atom. The van der Waals surface area contributed by atoms with Crippen LogP contribution in [0.25, 0.3) is 5.69 Å². The summed E-state index contributed by atoms with van der Waals surface area (Å²) in [6.45, 7) is 8.36. The lowest BCUT2D eigenvalue weighted by Crippen LogP contribution is -2.39. The van der Waals surface area contributed by atoms with E-state index in [1.54, 1.807) is 29.4 Å². The number of halogens is 2. The lowest BCUT2D eigenvalue weighted by Gasteiger charge is -2.13. The molecule has 0 unspecified atom stereocenters. The van der Waals surface area contributed by atoms with E-state index in [-0.39, 0.29) is 29.8 Å². The third-order valence-electron chi connectivity index (χ3n) is 3.24. The van der Waals surface area contributed by atoms with Crippen LogP contribution in [0.5, 0.6) is 0 Å². The van der Waals surface area contributed by atoms with Crippen molar-refractivity contribution in [3.8, 4) is 5.69 Å². The van der Waals surface area contributed by atoms with Crippen LogP contribution in [0.3, 0.4) is 0 Å². The predicted molar refractivity (Wildman–Crippen MR) is 107 cm³/mol. The van der Waals surface area contributed by atoms with Gasteiger partial charge in [0.15, 0.2) is 5.96 Å². The van der Waals surface area contributed by atoms with Gasteiger partial charge >= 0.3 is 0 Å². The third-order valence-corrected chi connectivity index (χ3v) is 3.24. The molecule has 0 aliphatic heterocycles. The molecule has 1 aromatic heterocycles. The molecule has 0 bridgehead atoms. The van der Waals surface area contributed by atoms with Gasteiger partial charge in [0.25, 0.3) is 0 Å². The quantitative estimate of drug-likeness (QED) is 0.408. The van der Waals surface area contributed by atoms with E-state index in [0.717, 1.165) is 24.6 Å². The van der Waals surface area contributed by atoms with Crippen molar-refractivity contribution in [1.82, 2.24) is 20.2 Å². The molecule has 0 fully saturated rings. The summed E-state index contributed by atoms with van der Waals surface area (Å²) >= 11 is 0. The Morgan fingerprint density at radius 3 is 2.71 bits per heavy atom. The predicted octanol–water partition coefficient (Wildman–Crippen LogP) is 3.34. The van der Waals surface area contributed by atoms with Crippen LogP contribution < -0.4 is 10.6 Å². The molecule has 0 spiro atoms. The molecule has 5 nitrogen and oxygen atoms in total. The number of guanidine groups is 1. The first-order valence-corrected chi connectivity index (χ1v) is 7.89. The minimum atomic E-state index is -0.282. The second kappa shape index (κ2) is 10.3. The van der Waals surface area contributed by atoms with Crippen molar-refractivity contribution in [3.05, 3.63) is 48.3 Å². The van der Waals surface area contributed by atoms with Crippen molar-refractivity contribution in [1.29, 1.82) is 0 Å². The fraction of sp³-hybridized carbons (Fsp3) is 0.412. The number of hydrogen-bond donors (Lipinski definition) is 2. The zero-order chi connectivity index (χ0) is 16.7. The second-order valence-corrected chi connectivity index (χ2v) is 5.73. The minimum Gasteiger partial charge on any atom is -0.357 e. The van der Waals surface area contributed by atoms with Crippen LogP contribution in [0.4, 0.5) is 4.39 Å². The van der Waals surface area contributed by atoms with Gasteiger partial charge in [-0.05, 0) is 30.5 Å². The van der Waals surface area contributed by atoms with Crippen molar-refractivity contribution in [2.45, 2.75) is 27.3 Å². The average molecular weight is 445 g/mol. The molecule has 0 radical (unpaired) electrons. The van der Waals surface area contributed by atoms with E-state index in [0.29, 0.717) is 18.2 Å². The maximum atomic E-state index is 14.2. The molecule has 24 heavy (non-hydrogen) atoms. The number of benzene rings is 1. The summed E-state index contributed by atoms with van der Waals surface area (Å²) in [5.74, 6) is 1.00. The van der Waals surface area contributed by atoms with E-state index < -0.39 is 0 Å². The molecule has 2 aromatic rings. The summed E-state index contributed by atoms with van der Waals surface area (Å²) < 4.78 is 15.9. The summed E-state index contributed by atoms with van der Waals surface area (Å²) in [6.07, 6.45) is 4.92. The number of imidazole rings is 1. The van der Waals surface area contributed by atoms with Crippen LogP contribution in [-0.2, 0) is 6.54 Å². The van der Waals surface area contributed by atoms with Gasteiger partial charge < -0.3 is 15.2 Å². The fourth-order valence-electron chi connectivity index (χ4n) is 2.07. The summed E-state index contributed by atoms with van der Waals surface area (Å²) in [5, 5.41) is 6.46. The van der Waals surface area contributed by atoms with Gasteiger partial charge in [-0.2, -0.15) is 0 Å². The fourth-order valence-corrected chi connectivity index (χ4v) is 2.07. The van der Waals surface area contributed by atoms with Gasteiger partial charge in [-0.25, -0.2) is 14.4 Å². The molecule has 0 atom stereocenters. The Balaban J connectivity index is 0.00000288. The molecular formula is C17H25FIN5. The largest absolute Gasteiger partial charge is 0.357 e. The molecule has 0 saturated heterocycles. The normalized spacial score (nSPS) is 11.3. The molecule has 0 aliphatic carbocycles. The number of aliphatic imine (C=N–C) groups is 1. The first kappa shape index (κ1) is 20.4. The van der Waals surface area contributed by atoms with E-state index in [2.05, 4.69) is 34.5 Å². The average Bonchev–Trinajstić information content (AvgIpc) is 3.04. The van der Waals surface area contributed by atoms with E-state index in [9.17, 15) is 4.39 Å². The van der Waals surface area contributed by atoms with Crippen molar-refractivity contribution in [3.63, 3.8) is 0 Å². The van der Waals surface area contributed by atoms with E-state index in [4.69, 9.17) is 0 Å². The summed E-state index contributed by atoms with van der Waals surface area (Å²) in [4.78, 5) is 8.43. The van der Waals surface area contributed by atoms with E-state index >= 15 is 0 Å². The topological polar surface area (TPSA) is 54.2 Å². The SMILES string of the molecule is CCNC(=NCc1ccc(-n2ccnc2)c(F)c1)NCC(C)C.I. The maximum absolute atomic E-state index is 14.2. The number of aromatic nitrogens is 2. The summed E-state index contributed by atoms with van der Waals surface area (Å²) in [7, 11) is 0. The van der Waals surface area contributed by atoms with Gasteiger partial charge in [-0.15, -0.1) is 24.0 Å². The van der Waals surface area contributed by atoms with Crippen molar-refractivity contribution >= 4 is 29.9 Å². The number of nitrogens with zero attached hydrogens (tertiary/aromatic N) is 3. The standard InChI is InChI=1S/C17H24FN5.HI/c1-4-20-17(21-10-13(2)3)22-11-14-5-6-16(15(18)9-14)23-8-7-19-12-23;/h5-9,12-13H,4,10-11H2,1-3H3,(H2,20,21,22);1H. The Labute approximate surface area is 159 Å². The minimum absolute atomic E-state index is 0. The van der Waals surface area contributed by atoms with Crippen LogP contribution in [0, 0.1) is 11.7 Å². The number of rotatable bonds is 6. The lowest BCUT2D eigenvalue weighted by atomic mass is 10.2. The number of hydrogen-bond acceptors (Lipinski definition) is 2. The number of nitrogens with one attached hydrogen (secondary N) is 2. The van der Waals surface area contributed by atoms with Crippen LogP contribution in [0.15, 0.2) is 41.9 Å². The van der Waals surface area contributed by atoms with Gasteiger partial charge in [0.05, 0.1) is 18.6 Å². The molecule has 1 heterocycles. The van der Waals surface area contributed by atoms with Crippen LogP contribution in [0.1, 0.15) is 26.3 Å². The van der Waals surface area contributed by atoms with Crippen LogP contribution in [0.2, 0.25) is 0 Å². The van der Waals surface area contributed by atoms with Gasteiger partial charge in [0.1, 0.15) is 5.82 Å². The summed E-state index contributed by atoms with van der Waals surface area (Å²) in [6, 6.07) is 5.15. The highest BCUT2D eigenvalue weighted by atomic mass is 127. The van der Waals surface area contributed by atoms with Crippen molar-refractivity contribution in [2.75, 3.05) is 13.1 Å². The molecule has 0 aliphatic rings. The first-order chi connectivity index (χ1) is 11.1. The second-order valence-electron chi connectivity index (χ2n) is 5.73. The smallest absolute Gasteiger partial charge is 0.191 e. The molecule has 0 amide bonds. The van der Waals surface area contributed by atoms with Gasteiger partial charge in [0.2, 0.25) is 0 Å². The van der Waals surface area contributed by atoms with E-state index in [1.807, 2.05) is 13.0 Å². The highest BCUT2D eigenvalue weighted by Gasteiger charge is 2.06. The molecule has 0 saturated carbocycles. The zero-order valence-electron chi connectivity index (χ0n) is 14.3. The van der Waals surface area contributed by atoms with Gasteiger partial charge in [-0.1, -0.05) is 19.9 Å². The highest BCUT2D eigenvalue weighted by molar-refractivity contribution is 14.0. The Hall–Kier alpha value is -1.64. The van der Waals surface area contributed by atoms with Gasteiger partial charge in [-0.3, -0.25) is 0 Å². The lowest BCUT2D eigenvalue weighted by molar-refractivity contribution is 0.612. The Morgan fingerprint density at radius 2 is 2.12 bits per heavy atom. The zero-order valence-corrected chi connectivity index (χ0v) is 16.6. The maximum Gasteiger partial charge on any atom is 0.191 e. The monoisotopic (exact) mass is 445 g/mol.